The molecular formula is C32H52O2. The summed E-state index contributed by atoms with van der Waals surface area (Å²) in [6.07, 6.45) is 12.5. The minimum atomic E-state index is -0.248. The molecule has 0 aromatic heterocycles. The smallest absolute Gasteiger partial charge is 0.159 e. The van der Waals surface area contributed by atoms with Gasteiger partial charge in [0, 0.05) is 5.92 Å². The van der Waals surface area contributed by atoms with Crippen molar-refractivity contribution >= 4 is 5.78 Å². The fourth-order valence-corrected chi connectivity index (χ4v) is 10.7. The number of carbonyl (C=O) groups excluding carboxylic acids is 1. The molecule has 0 aliphatic heterocycles. The molecule has 5 rings (SSSR count). The Labute approximate surface area is 209 Å². The zero-order valence-corrected chi connectivity index (χ0v) is 23.7. The molecule has 9 atom stereocenters. The van der Waals surface area contributed by atoms with E-state index in [-0.39, 0.29) is 33.7 Å². The number of hydrogen-bond acceptors (Lipinski definition) is 2. The van der Waals surface area contributed by atoms with Crippen molar-refractivity contribution < 1.29 is 9.90 Å². The molecule has 5 aliphatic carbocycles. The van der Waals surface area contributed by atoms with Crippen LogP contribution < -0.4 is 0 Å². The summed E-state index contributed by atoms with van der Waals surface area (Å²) in [5.41, 5.74) is 2.25. The van der Waals surface area contributed by atoms with Gasteiger partial charge in [-0.25, -0.2) is 0 Å². The highest BCUT2D eigenvalue weighted by Crippen LogP contribution is 2.75. The van der Waals surface area contributed by atoms with E-state index in [1.54, 1.807) is 0 Å². The van der Waals surface area contributed by atoms with Gasteiger partial charge < -0.3 is 5.11 Å². The van der Waals surface area contributed by atoms with E-state index in [1.807, 2.05) is 0 Å². The van der Waals surface area contributed by atoms with Gasteiger partial charge in [-0.15, -0.1) is 0 Å². The van der Waals surface area contributed by atoms with Crippen LogP contribution in [0.1, 0.15) is 120 Å². The maximum absolute atomic E-state index is 14.3. The van der Waals surface area contributed by atoms with Crippen LogP contribution in [0.4, 0.5) is 0 Å². The van der Waals surface area contributed by atoms with Gasteiger partial charge in [-0.3, -0.25) is 4.79 Å². The van der Waals surface area contributed by atoms with Crippen molar-refractivity contribution in [2.75, 3.05) is 0 Å². The summed E-state index contributed by atoms with van der Waals surface area (Å²) in [5.74, 6) is 2.15. The van der Waals surface area contributed by atoms with E-state index in [0.717, 1.165) is 25.7 Å². The van der Waals surface area contributed by atoms with Gasteiger partial charge in [0.2, 0.25) is 0 Å². The lowest BCUT2D eigenvalue weighted by molar-refractivity contribution is -0.202. The molecule has 4 saturated carbocycles. The first-order valence-electron chi connectivity index (χ1n) is 14.5. The molecule has 0 unspecified atom stereocenters. The highest BCUT2D eigenvalue weighted by atomic mass is 16.3. The Balaban J connectivity index is 1.62. The number of rotatable bonds is 1. The molecule has 0 saturated heterocycles. The van der Waals surface area contributed by atoms with E-state index < -0.39 is 0 Å². The molecule has 0 amide bonds. The second-order valence-corrected chi connectivity index (χ2v) is 15.9. The summed E-state index contributed by atoms with van der Waals surface area (Å²) in [6.45, 7) is 21.9. The average molecular weight is 469 g/mol. The van der Waals surface area contributed by atoms with Gasteiger partial charge in [0.25, 0.3) is 0 Å². The molecule has 0 bridgehead atoms. The summed E-state index contributed by atoms with van der Waals surface area (Å²) in [5, 5.41) is 10.9. The lowest BCUT2D eigenvalue weighted by Gasteiger charge is -2.70. The van der Waals surface area contributed by atoms with E-state index in [4.69, 9.17) is 0 Å². The SMILES string of the molecule is CC(C)[C@@]1(C)CC[C@]2(C)CC[C@]3(C)C(=CC(=O)[C@@H]4[C@@]5(C)CC[C@H](O)C(C)(C)[C@@H]5CC[C@]43C)[C@@H]2C1. The van der Waals surface area contributed by atoms with Crippen LogP contribution in [0.15, 0.2) is 11.6 Å². The summed E-state index contributed by atoms with van der Waals surface area (Å²) in [4.78, 5) is 14.3. The standard InChI is InChI=1S/C32H52O2/c1-20(2)29(6)15-14-28(5)16-17-31(8)21(22(28)19-29)18-23(33)26-30(7)12-11-25(34)27(3,4)24(30)10-13-32(26,31)9/h18,20,22,24-26,34H,10-17,19H2,1-9H3/t22-,24-,25-,26+,28+,29-,30-,31+,32+/m0/s1. The van der Waals surface area contributed by atoms with Crippen LogP contribution in [0.5, 0.6) is 0 Å². The van der Waals surface area contributed by atoms with Crippen molar-refractivity contribution in [2.24, 2.45) is 56.2 Å². The Morgan fingerprint density at radius 1 is 0.882 bits per heavy atom. The normalized spacial score (nSPS) is 54.4. The van der Waals surface area contributed by atoms with Gasteiger partial charge in [-0.1, -0.05) is 67.9 Å². The number of allylic oxidation sites excluding steroid dienone is 2. The van der Waals surface area contributed by atoms with E-state index in [9.17, 15) is 9.90 Å². The Morgan fingerprint density at radius 2 is 1.53 bits per heavy atom. The number of carbonyl (C=O) groups is 1. The van der Waals surface area contributed by atoms with Gasteiger partial charge in [0.1, 0.15) is 0 Å². The van der Waals surface area contributed by atoms with Crippen LogP contribution in [-0.2, 0) is 4.79 Å². The van der Waals surface area contributed by atoms with E-state index in [2.05, 4.69) is 68.4 Å². The van der Waals surface area contributed by atoms with Crippen molar-refractivity contribution in [3.05, 3.63) is 11.6 Å². The predicted octanol–water partition coefficient (Wildman–Crippen LogP) is 7.98. The van der Waals surface area contributed by atoms with Gasteiger partial charge in [0.15, 0.2) is 5.78 Å². The van der Waals surface area contributed by atoms with Crippen LogP contribution in [0, 0.1) is 56.2 Å². The minimum Gasteiger partial charge on any atom is -0.393 e. The molecule has 192 valence electrons. The largest absolute Gasteiger partial charge is 0.393 e. The number of ketones is 1. The first-order valence-corrected chi connectivity index (χ1v) is 14.5. The van der Waals surface area contributed by atoms with Crippen LogP contribution in [0.2, 0.25) is 0 Å². The Hall–Kier alpha value is -0.630. The van der Waals surface area contributed by atoms with Gasteiger partial charge >= 0.3 is 0 Å². The van der Waals surface area contributed by atoms with Crippen LogP contribution in [-0.4, -0.2) is 17.0 Å². The topological polar surface area (TPSA) is 37.3 Å². The van der Waals surface area contributed by atoms with Crippen LogP contribution in [0.25, 0.3) is 0 Å². The first kappa shape index (κ1) is 25.0. The lowest BCUT2D eigenvalue weighted by atomic mass is 9.33. The third kappa shape index (κ3) is 2.93. The fourth-order valence-electron chi connectivity index (χ4n) is 10.7. The maximum Gasteiger partial charge on any atom is 0.159 e. The van der Waals surface area contributed by atoms with Crippen molar-refractivity contribution in [3.63, 3.8) is 0 Å². The monoisotopic (exact) mass is 468 g/mol. The third-order valence-corrected chi connectivity index (χ3v) is 14.0. The van der Waals surface area contributed by atoms with Crippen molar-refractivity contribution in [2.45, 2.75) is 126 Å². The first-order chi connectivity index (χ1) is 15.6. The number of aliphatic hydroxyl groups excluding tert-OH is 1. The van der Waals surface area contributed by atoms with Crippen molar-refractivity contribution in [3.8, 4) is 0 Å². The summed E-state index contributed by atoms with van der Waals surface area (Å²) >= 11 is 0. The molecule has 2 nitrogen and oxygen atoms in total. The molecule has 0 radical (unpaired) electrons. The number of fused-ring (bicyclic) bond motifs is 7. The van der Waals surface area contributed by atoms with Gasteiger partial charge in [0.05, 0.1) is 6.10 Å². The Kier molecular flexibility index (Phi) is 5.33. The molecule has 0 aromatic carbocycles. The second kappa shape index (κ2) is 7.23. The van der Waals surface area contributed by atoms with E-state index >= 15 is 0 Å². The fraction of sp³-hybridized carbons (Fsp3) is 0.906. The maximum atomic E-state index is 14.3. The second-order valence-electron chi connectivity index (χ2n) is 15.9. The minimum absolute atomic E-state index is 0.0163. The molecule has 4 fully saturated rings. The molecule has 34 heavy (non-hydrogen) atoms. The van der Waals surface area contributed by atoms with E-state index in [1.165, 1.54) is 37.7 Å². The Bertz CT molecular complexity index is 914. The number of hydrogen-bond donors (Lipinski definition) is 1. The molecule has 0 heterocycles. The summed E-state index contributed by atoms with van der Waals surface area (Å²) in [7, 11) is 0. The zero-order chi connectivity index (χ0) is 25.1. The third-order valence-electron chi connectivity index (χ3n) is 14.0. The molecule has 0 aromatic rings. The summed E-state index contributed by atoms with van der Waals surface area (Å²) in [6, 6.07) is 0. The van der Waals surface area contributed by atoms with Crippen molar-refractivity contribution in [1.82, 2.24) is 0 Å². The Morgan fingerprint density at radius 3 is 2.18 bits per heavy atom. The summed E-state index contributed by atoms with van der Waals surface area (Å²) < 4.78 is 0. The quantitative estimate of drug-likeness (QED) is 0.423. The lowest BCUT2D eigenvalue weighted by Crippen LogP contribution is -2.66. The molecule has 5 aliphatic rings. The molecular weight excluding hydrogens is 416 g/mol. The predicted molar refractivity (Wildman–Crippen MR) is 140 cm³/mol. The zero-order valence-electron chi connectivity index (χ0n) is 23.7. The van der Waals surface area contributed by atoms with Gasteiger partial charge in [-0.05, 0) is 114 Å². The number of aliphatic hydroxyl groups is 1. The molecule has 1 N–H and O–H groups in total. The van der Waals surface area contributed by atoms with Crippen LogP contribution in [0.3, 0.4) is 0 Å². The molecule has 0 spiro atoms. The van der Waals surface area contributed by atoms with E-state index in [0.29, 0.717) is 34.4 Å². The van der Waals surface area contributed by atoms with Crippen LogP contribution >= 0.6 is 0 Å². The van der Waals surface area contributed by atoms with Crippen molar-refractivity contribution in [1.29, 1.82) is 0 Å². The highest BCUT2D eigenvalue weighted by molar-refractivity contribution is 5.95. The average Bonchev–Trinajstić information content (AvgIpc) is 2.73. The molecule has 2 heteroatoms. The van der Waals surface area contributed by atoms with Gasteiger partial charge in [-0.2, -0.15) is 0 Å². The highest BCUT2D eigenvalue weighted by Gasteiger charge is 2.70.